The van der Waals surface area contributed by atoms with E-state index in [1.54, 1.807) is 0 Å². The molecular weight excluding hydrogens is 310 g/mol. The minimum atomic E-state index is -0.219. The number of carbonyl (C=O) groups is 1. The molecule has 132 valence electrons. The third kappa shape index (κ3) is 4.75. The van der Waals surface area contributed by atoms with Crippen molar-refractivity contribution >= 4 is 23.1 Å². The van der Waals surface area contributed by atoms with Gasteiger partial charge in [0.1, 0.15) is 0 Å². The number of carbonyl (C=O) groups excluding carboxylic acids is 1. The second-order valence-electron chi connectivity index (χ2n) is 6.95. The van der Waals surface area contributed by atoms with Crippen LogP contribution >= 0.6 is 0 Å². The second kappa shape index (κ2) is 8.06. The van der Waals surface area contributed by atoms with Gasteiger partial charge in [-0.15, -0.1) is 0 Å². The molecule has 3 rings (SSSR count). The van der Waals surface area contributed by atoms with Gasteiger partial charge >= 0.3 is 6.03 Å². The summed E-state index contributed by atoms with van der Waals surface area (Å²) in [5.41, 5.74) is 4.10. The van der Waals surface area contributed by atoms with E-state index in [4.69, 9.17) is 0 Å². The molecule has 0 unspecified atom stereocenters. The smallest absolute Gasteiger partial charge is 0.323 e. The van der Waals surface area contributed by atoms with Crippen molar-refractivity contribution in [2.24, 2.45) is 0 Å². The van der Waals surface area contributed by atoms with E-state index in [1.165, 1.54) is 30.5 Å². The molecule has 1 fully saturated rings. The number of nitrogens with zero attached hydrogens (tertiary/aromatic N) is 1. The molecule has 4 nitrogen and oxygen atoms in total. The van der Waals surface area contributed by atoms with Crippen LogP contribution in [-0.4, -0.2) is 19.1 Å². The number of urea groups is 1. The van der Waals surface area contributed by atoms with E-state index in [9.17, 15) is 4.79 Å². The molecule has 2 aromatic carbocycles. The molecule has 0 atom stereocenters. The molecule has 1 heterocycles. The molecule has 2 amide bonds. The normalized spacial score (nSPS) is 14.4. The maximum atomic E-state index is 12.2. The number of nitrogens with one attached hydrogen (secondary N) is 2. The van der Waals surface area contributed by atoms with E-state index in [0.29, 0.717) is 5.92 Å². The summed E-state index contributed by atoms with van der Waals surface area (Å²) >= 11 is 0. The maximum Gasteiger partial charge on any atom is 0.323 e. The largest absolute Gasteiger partial charge is 0.372 e. The van der Waals surface area contributed by atoms with Crippen LogP contribution in [0.15, 0.2) is 48.5 Å². The summed E-state index contributed by atoms with van der Waals surface area (Å²) in [4.78, 5) is 14.6. The fourth-order valence-corrected chi connectivity index (χ4v) is 3.15. The summed E-state index contributed by atoms with van der Waals surface area (Å²) in [6, 6.07) is 15.8. The van der Waals surface area contributed by atoms with Crippen molar-refractivity contribution < 1.29 is 4.79 Å². The van der Waals surface area contributed by atoms with Gasteiger partial charge in [-0.2, -0.15) is 0 Å². The zero-order valence-corrected chi connectivity index (χ0v) is 15.1. The van der Waals surface area contributed by atoms with E-state index in [1.807, 2.05) is 36.4 Å². The zero-order valence-electron chi connectivity index (χ0n) is 15.1. The van der Waals surface area contributed by atoms with Crippen LogP contribution in [0.4, 0.5) is 21.9 Å². The number of hydrogen-bond acceptors (Lipinski definition) is 2. The lowest BCUT2D eigenvalue weighted by Gasteiger charge is -2.28. The first-order chi connectivity index (χ1) is 12.1. The predicted molar refractivity (Wildman–Crippen MR) is 106 cm³/mol. The Labute approximate surface area is 150 Å². The van der Waals surface area contributed by atoms with Gasteiger partial charge in [0, 0.05) is 30.2 Å². The highest BCUT2D eigenvalue weighted by Crippen LogP contribution is 2.22. The lowest BCUT2D eigenvalue weighted by molar-refractivity contribution is 0.262. The molecule has 1 saturated heterocycles. The maximum absolute atomic E-state index is 12.2. The lowest BCUT2D eigenvalue weighted by Crippen LogP contribution is -2.29. The van der Waals surface area contributed by atoms with E-state index in [2.05, 4.69) is 41.5 Å². The average Bonchev–Trinajstić information content (AvgIpc) is 2.63. The van der Waals surface area contributed by atoms with Crippen LogP contribution in [0.3, 0.4) is 0 Å². The topological polar surface area (TPSA) is 44.4 Å². The van der Waals surface area contributed by atoms with Crippen molar-refractivity contribution in [3.8, 4) is 0 Å². The molecule has 0 bridgehead atoms. The zero-order chi connectivity index (χ0) is 17.6. The van der Waals surface area contributed by atoms with Crippen LogP contribution < -0.4 is 15.5 Å². The Kier molecular flexibility index (Phi) is 5.59. The van der Waals surface area contributed by atoms with Gasteiger partial charge in [-0.05, 0) is 67.1 Å². The van der Waals surface area contributed by atoms with Gasteiger partial charge in [0.15, 0.2) is 0 Å². The third-order valence-corrected chi connectivity index (χ3v) is 4.68. The number of hydrogen-bond donors (Lipinski definition) is 2. The minimum Gasteiger partial charge on any atom is -0.372 e. The summed E-state index contributed by atoms with van der Waals surface area (Å²) in [5, 5.41) is 5.76. The van der Waals surface area contributed by atoms with Gasteiger partial charge < -0.3 is 15.5 Å². The first-order valence-electron chi connectivity index (χ1n) is 9.15. The van der Waals surface area contributed by atoms with E-state index in [-0.39, 0.29) is 6.03 Å². The molecule has 1 aliphatic rings. The average molecular weight is 337 g/mol. The van der Waals surface area contributed by atoms with Crippen LogP contribution in [0.2, 0.25) is 0 Å². The van der Waals surface area contributed by atoms with Crippen molar-refractivity contribution in [2.45, 2.75) is 39.0 Å². The van der Waals surface area contributed by atoms with Gasteiger partial charge in [0.05, 0.1) is 0 Å². The van der Waals surface area contributed by atoms with Crippen molar-refractivity contribution in [1.82, 2.24) is 0 Å². The molecule has 2 aromatic rings. The number of benzene rings is 2. The molecule has 0 radical (unpaired) electrons. The molecule has 0 spiro atoms. The lowest BCUT2D eigenvalue weighted by atomic mass is 10.0. The second-order valence-corrected chi connectivity index (χ2v) is 6.95. The number of piperidine rings is 1. The Bertz CT molecular complexity index is 686. The van der Waals surface area contributed by atoms with Gasteiger partial charge in [0.25, 0.3) is 0 Å². The monoisotopic (exact) mass is 337 g/mol. The fraction of sp³-hybridized carbons (Fsp3) is 0.381. The molecular formula is C21H27N3O. The highest BCUT2D eigenvalue weighted by molar-refractivity contribution is 5.99. The highest BCUT2D eigenvalue weighted by atomic mass is 16.2. The van der Waals surface area contributed by atoms with Crippen molar-refractivity contribution in [2.75, 3.05) is 28.6 Å². The third-order valence-electron chi connectivity index (χ3n) is 4.68. The Balaban J connectivity index is 1.55. The van der Waals surface area contributed by atoms with Crippen LogP contribution in [0, 0.1) is 0 Å². The number of amides is 2. The van der Waals surface area contributed by atoms with Crippen molar-refractivity contribution in [1.29, 1.82) is 0 Å². The SMILES string of the molecule is CC(C)c1ccc(NC(=O)Nc2ccc(N3CCCCC3)cc2)cc1. The van der Waals surface area contributed by atoms with Crippen LogP contribution in [0.1, 0.15) is 44.6 Å². The Morgan fingerprint density at radius 2 is 1.36 bits per heavy atom. The van der Waals surface area contributed by atoms with Crippen molar-refractivity contribution in [3.63, 3.8) is 0 Å². The van der Waals surface area contributed by atoms with Gasteiger partial charge in [-0.25, -0.2) is 4.79 Å². The van der Waals surface area contributed by atoms with Gasteiger partial charge in [0.2, 0.25) is 0 Å². The summed E-state index contributed by atoms with van der Waals surface area (Å²) in [6.07, 6.45) is 3.85. The van der Waals surface area contributed by atoms with Crippen molar-refractivity contribution in [3.05, 3.63) is 54.1 Å². The predicted octanol–water partition coefficient (Wildman–Crippen LogP) is 5.44. The van der Waals surface area contributed by atoms with Crippen LogP contribution in [0.25, 0.3) is 0 Å². The van der Waals surface area contributed by atoms with E-state index < -0.39 is 0 Å². The summed E-state index contributed by atoms with van der Waals surface area (Å²) in [5.74, 6) is 0.487. The van der Waals surface area contributed by atoms with E-state index in [0.717, 1.165) is 24.5 Å². The Morgan fingerprint density at radius 3 is 1.88 bits per heavy atom. The summed E-state index contributed by atoms with van der Waals surface area (Å²) in [6.45, 7) is 6.56. The molecule has 0 aliphatic carbocycles. The molecule has 2 N–H and O–H groups in total. The molecule has 0 aromatic heterocycles. The summed E-state index contributed by atoms with van der Waals surface area (Å²) < 4.78 is 0. The van der Waals surface area contributed by atoms with Gasteiger partial charge in [-0.3, -0.25) is 0 Å². The van der Waals surface area contributed by atoms with Crippen LogP contribution in [-0.2, 0) is 0 Å². The first-order valence-corrected chi connectivity index (χ1v) is 9.15. The standard InChI is InChI=1S/C21H27N3O/c1-16(2)17-6-8-18(9-7-17)22-21(25)23-19-10-12-20(13-11-19)24-14-4-3-5-15-24/h6-13,16H,3-5,14-15H2,1-2H3,(H2,22,23,25). The molecule has 4 heteroatoms. The minimum absolute atomic E-state index is 0.219. The summed E-state index contributed by atoms with van der Waals surface area (Å²) in [7, 11) is 0. The first kappa shape index (κ1) is 17.3. The quantitative estimate of drug-likeness (QED) is 0.780. The molecule has 1 aliphatic heterocycles. The number of anilines is 3. The van der Waals surface area contributed by atoms with Gasteiger partial charge in [-0.1, -0.05) is 26.0 Å². The van der Waals surface area contributed by atoms with E-state index >= 15 is 0 Å². The fourth-order valence-electron chi connectivity index (χ4n) is 3.15. The highest BCUT2D eigenvalue weighted by Gasteiger charge is 2.11. The number of rotatable bonds is 4. The Morgan fingerprint density at radius 1 is 0.840 bits per heavy atom. The molecule has 25 heavy (non-hydrogen) atoms. The van der Waals surface area contributed by atoms with Crippen LogP contribution in [0.5, 0.6) is 0 Å². The molecule has 0 saturated carbocycles. The Hall–Kier alpha value is -2.49.